The summed E-state index contributed by atoms with van der Waals surface area (Å²) in [7, 11) is -2.34. The lowest BCUT2D eigenvalue weighted by molar-refractivity contribution is -0.143. The molecule has 6 rings (SSSR count). The van der Waals surface area contributed by atoms with Gasteiger partial charge in [0, 0.05) is 42.1 Å². The fourth-order valence-corrected chi connectivity index (χ4v) is 9.16. The van der Waals surface area contributed by atoms with Crippen LogP contribution in [0.5, 0.6) is 11.6 Å². The van der Waals surface area contributed by atoms with Crippen LogP contribution < -0.4 is 29.7 Å². The molecule has 2 saturated carbocycles. The predicted molar refractivity (Wildman–Crippen MR) is 234 cm³/mol. The second-order valence-electron chi connectivity index (χ2n) is 18.2. The molecule has 3 fully saturated rings. The maximum absolute atomic E-state index is 14.8. The van der Waals surface area contributed by atoms with Crippen molar-refractivity contribution in [3.63, 3.8) is 0 Å². The van der Waals surface area contributed by atoms with Gasteiger partial charge in [0.15, 0.2) is 0 Å². The van der Waals surface area contributed by atoms with E-state index in [1.807, 2.05) is 42.5 Å². The number of pyridine rings is 1. The Hall–Kier alpha value is -5.38. The summed E-state index contributed by atoms with van der Waals surface area (Å²) in [6.07, 6.45) is 0.924. The number of sulfonamides is 1. The molecule has 1 saturated heterocycles. The van der Waals surface area contributed by atoms with Gasteiger partial charge in [0.1, 0.15) is 35.1 Å². The number of benzene rings is 2. The first-order valence-electron chi connectivity index (χ1n) is 20.9. The molecule has 3 N–H and O–H groups in total. The van der Waals surface area contributed by atoms with E-state index in [1.165, 1.54) is 11.0 Å². The normalized spacial score (nSPS) is 21.9. The maximum atomic E-state index is 14.8. The first-order valence-corrected chi connectivity index (χ1v) is 22.5. The number of nitrogens with zero attached hydrogens (tertiary/aromatic N) is 3. The van der Waals surface area contributed by atoms with Crippen LogP contribution in [0.25, 0.3) is 22.0 Å². The van der Waals surface area contributed by atoms with Crippen LogP contribution in [0.2, 0.25) is 0 Å². The van der Waals surface area contributed by atoms with Gasteiger partial charge in [-0.25, -0.2) is 18.2 Å². The van der Waals surface area contributed by atoms with Crippen LogP contribution in [0.15, 0.2) is 61.2 Å². The SMILES string of the molecule is C=C[C@@H]1C[C@]1(NC(=O)[C@@H]1C[C@@H](Oc2nc(-c3ccc(N(CC)CC)cc3)cc3cc(OC)ccc23)CN1C(=O)[C@@H](NC(=O)OC(C)(C)C)C(C)(C)C)C(=O)NS(=O)(=O)C1CC1. The molecule has 61 heavy (non-hydrogen) atoms. The highest BCUT2D eigenvalue weighted by Gasteiger charge is 2.62. The number of ether oxygens (including phenoxy) is 3. The number of rotatable bonds is 15. The Labute approximate surface area is 359 Å². The minimum absolute atomic E-state index is 0.0141. The lowest BCUT2D eigenvalue weighted by Gasteiger charge is -2.36. The number of anilines is 1. The molecule has 0 spiro atoms. The standard InChI is InChI=1S/C45H60N6O9S/c1-11-29-25-45(29,41(54)49-61(56,57)33-19-20-33)48-38(52)36-24-32(26-51(36)40(53)37(43(4,5)6)47-42(55)60-44(7,8)9)59-39-34-21-18-31(58-10)22-28(34)23-35(46-39)27-14-16-30(17-15-27)50(12-2)13-3/h11,14-18,21-23,29,32-33,36-37H,1,12-13,19-20,24-26H2,2-10H3,(H,47,55)(H,48,52)(H,49,54)/t29-,32-,36+,37-,45-/m1/s1. The number of carbonyl (C=O) groups excluding carboxylic acids is 4. The average molecular weight is 861 g/mol. The van der Waals surface area contributed by atoms with Crippen LogP contribution in [0.3, 0.4) is 0 Å². The van der Waals surface area contributed by atoms with Crippen molar-refractivity contribution in [3.05, 3.63) is 61.2 Å². The summed E-state index contributed by atoms with van der Waals surface area (Å²) in [5.41, 5.74) is -0.714. The van der Waals surface area contributed by atoms with Crippen LogP contribution in [-0.4, -0.2) is 103 Å². The molecule has 0 bridgehead atoms. The fourth-order valence-electron chi connectivity index (χ4n) is 7.79. The number of fused-ring (bicyclic) bond motifs is 1. The number of methoxy groups -OCH3 is 1. The van der Waals surface area contributed by atoms with Crippen molar-refractivity contribution in [1.82, 2.24) is 25.2 Å². The Morgan fingerprint density at radius 1 is 1.02 bits per heavy atom. The number of likely N-dealkylation sites (tertiary alicyclic amines) is 1. The molecular formula is C45H60N6O9S. The van der Waals surface area contributed by atoms with Gasteiger partial charge in [-0.3, -0.25) is 19.1 Å². The van der Waals surface area contributed by atoms with Gasteiger partial charge in [0.25, 0.3) is 5.91 Å². The Bertz CT molecular complexity index is 2280. The highest BCUT2D eigenvalue weighted by atomic mass is 32.2. The molecule has 2 aliphatic carbocycles. The first-order chi connectivity index (χ1) is 28.6. The molecule has 1 aliphatic heterocycles. The minimum Gasteiger partial charge on any atom is -0.497 e. The quantitative estimate of drug-likeness (QED) is 0.159. The van der Waals surface area contributed by atoms with Crippen LogP contribution in [0.1, 0.15) is 81.1 Å². The van der Waals surface area contributed by atoms with Crippen LogP contribution >= 0.6 is 0 Å². The smallest absolute Gasteiger partial charge is 0.408 e. The fraction of sp³-hybridized carbons (Fsp3) is 0.533. The van der Waals surface area contributed by atoms with Crippen LogP contribution in [-0.2, 0) is 29.1 Å². The van der Waals surface area contributed by atoms with Crippen molar-refractivity contribution in [2.75, 3.05) is 31.6 Å². The Morgan fingerprint density at radius 2 is 1.69 bits per heavy atom. The third-order valence-electron chi connectivity index (χ3n) is 11.4. The van der Waals surface area contributed by atoms with E-state index < -0.39 is 79.7 Å². The van der Waals surface area contributed by atoms with Crippen molar-refractivity contribution in [1.29, 1.82) is 0 Å². The van der Waals surface area contributed by atoms with E-state index in [0.717, 1.165) is 29.7 Å². The second-order valence-corrected chi connectivity index (χ2v) is 20.2. The monoisotopic (exact) mass is 860 g/mol. The van der Waals surface area contributed by atoms with Gasteiger partial charge in [-0.05, 0) is 101 Å². The molecule has 1 aromatic heterocycles. The summed E-state index contributed by atoms with van der Waals surface area (Å²) in [4.78, 5) is 64.7. The molecule has 3 aliphatic rings. The number of nitrogens with one attached hydrogen (secondary N) is 3. The number of carbonyl (C=O) groups is 4. The van der Waals surface area contributed by atoms with Gasteiger partial charge < -0.3 is 34.6 Å². The van der Waals surface area contributed by atoms with Crippen molar-refractivity contribution in [2.24, 2.45) is 11.3 Å². The Morgan fingerprint density at radius 3 is 2.25 bits per heavy atom. The maximum Gasteiger partial charge on any atom is 0.408 e. The summed E-state index contributed by atoms with van der Waals surface area (Å²) in [5, 5.41) is 6.37. The second kappa shape index (κ2) is 17.2. The number of hydrogen-bond acceptors (Lipinski definition) is 11. The van der Waals surface area contributed by atoms with Gasteiger partial charge in [-0.2, -0.15) is 0 Å². The van der Waals surface area contributed by atoms with Crippen molar-refractivity contribution >= 4 is 50.3 Å². The van der Waals surface area contributed by atoms with Crippen molar-refractivity contribution < 1.29 is 41.8 Å². The van der Waals surface area contributed by atoms with Gasteiger partial charge in [0.05, 0.1) is 24.6 Å². The molecule has 0 radical (unpaired) electrons. The Kier molecular flexibility index (Phi) is 12.7. The zero-order valence-electron chi connectivity index (χ0n) is 36.7. The summed E-state index contributed by atoms with van der Waals surface area (Å²) < 4.78 is 45.6. The molecular weight excluding hydrogens is 801 g/mol. The molecule has 2 aromatic carbocycles. The molecule has 5 atom stereocenters. The molecule has 330 valence electrons. The lowest BCUT2D eigenvalue weighted by Crippen LogP contribution is -2.60. The molecule has 15 nitrogen and oxygen atoms in total. The molecule has 3 aromatic rings. The topological polar surface area (TPSA) is 186 Å². The number of alkyl carbamates (subject to hydrolysis) is 1. The number of aromatic nitrogens is 1. The van der Waals surface area contributed by atoms with Crippen molar-refractivity contribution in [3.8, 4) is 22.9 Å². The van der Waals surface area contributed by atoms with Gasteiger partial charge in [-0.15, -0.1) is 6.58 Å². The first kappa shape index (κ1) is 45.2. The highest BCUT2D eigenvalue weighted by Crippen LogP contribution is 2.46. The van der Waals surface area contributed by atoms with E-state index in [0.29, 0.717) is 29.7 Å². The molecule has 16 heteroatoms. The van der Waals surface area contributed by atoms with E-state index in [-0.39, 0.29) is 25.3 Å². The predicted octanol–water partition coefficient (Wildman–Crippen LogP) is 5.71. The largest absolute Gasteiger partial charge is 0.497 e. The van der Waals surface area contributed by atoms with Crippen LogP contribution in [0, 0.1) is 11.3 Å². The van der Waals surface area contributed by atoms with Gasteiger partial charge in [0.2, 0.25) is 27.7 Å². The van der Waals surface area contributed by atoms with E-state index in [2.05, 4.69) is 40.7 Å². The number of hydrogen-bond donors (Lipinski definition) is 3. The zero-order valence-corrected chi connectivity index (χ0v) is 37.5. The zero-order chi connectivity index (χ0) is 44.7. The minimum atomic E-state index is -3.93. The molecule has 4 amide bonds. The average Bonchev–Trinajstić information content (AvgIpc) is 4.13. The number of amides is 4. The molecule has 0 unspecified atom stereocenters. The van der Waals surface area contributed by atoms with Gasteiger partial charge >= 0.3 is 6.09 Å². The highest BCUT2D eigenvalue weighted by molar-refractivity contribution is 7.91. The van der Waals surface area contributed by atoms with E-state index in [9.17, 15) is 27.6 Å². The van der Waals surface area contributed by atoms with E-state index >= 15 is 0 Å². The molecule has 2 heterocycles. The summed E-state index contributed by atoms with van der Waals surface area (Å²) in [5.74, 6) is -1.74. The Balaban J connectivity index is 1.35. The van der Waals surface area contributed by atoms with E-state index in [4.69, 9.17) is 19.2 Å². The van der Waals surface area contributed by atoms with E-state index in [1.54, 1.807) is 54.7 Å². The van der Waals surface area contributed by atoms with Crippen LogP contribution in [0.4, 0.5) is 10.5 Å². The summed E-state index contributed by atoms with van der Waals surface area (Å²) in [6, 6.07) is 13.2. The van der Waals surface area contributed by atoms with Crippen molar-refractivity contribution in [2.45, 2.75) is 116 Å². The lowest BCUT2D eigenvalue weighted by atomic mass is 9.85. The summed E-state index contributed by atoms with van der Waals surface area (Å²) >= 11 is 0. The summed E-state index contributed by atoms with van der Waals surface area (Å²) in [6.45, 7) is 20.2. The third-order valence-corrected chi connectivity index (χ3v) is 13.3. The third kappa shape index (κ3) is 10.1. The van der Waals surface area contributed by atoms with Gasteiger partial charge in [-0.1, -0.05) is 39.0 Å².